The smallest absolute Gasteiger partial charge is 0.347 e. The number of carbonyl (C=O) groups is 1. The Morgan fingerprint density at radius 2 is 1.77 bits per heavy atom. The van der Waals surface area contributed by atoms with E-state index in [-0.39, 0.29) is 12.1 Å². The lowest BCUT2D eigenvalue weighted by atomic mass is 10.2. The number of ether oxygens (including phenoxy) is 3. The minimum atomic E-state index is -0.679. The van der Waals surface area contributed by atoms with Crippen molar-refractivity contribution in [2.45, 2.75) is 45.8 Å². The fraction of sp³-hybridized carbons (Fsp3) is 0.350. The van der Waals surface area contributed by atoms with E-state index in [2.05, 4.69) is 22.9 Å². The molecule has 0 amide bonds. The van der Waals surface area contributed by atoms with E-state index >= 15 is 0 Å². The zero-order valence-electron chi connectivity index (χ0n) is 15.0. The lowest BCUT2D eigenvalue weighted by Crippen LogP contribution is -2.29. The van der Waals surface area contributed by atoms with Crippen LogP contribution < -0.4 is 9.47 Å². The average Bonchev–Trinajstić information content (AvgIpc) is 2.59. The van der Waals surface area contributed by atoms with Crippen molar-refractivity contribution in [1.82, 2.24) is 0 Å². The van der Waals surface area contributed by atoms with E-state index in [4.69, 9.17) is 25.8 Å². The molecule has 1 unspecified atom stereocenters. The second-order valence-corrected chi connectivity index (χ2v) is 7.27. The van der Waals surface area contributed by atoms with E-state index in [0.717, 1.165) is 17.3 Å². The van der Waals surface area contributed by atoms with Crippen molar-refractivity contribution in [3.05, 3.63) is 52.0 Å². The summed E-state index contributed by atoms with van der Waals surface area (Å²) in [5.74, 6) is 1.37. The third kappa shape index (κ3) is 6.22. The van der Waals surface area contributed by atoms with Gasteiger partial charge in [0.05, 0.1) is 11.1 Å². The monoisotopic (exact) mass is 440 g/mol. The minimum Gasteiger partial charge on any atom is -0.479 e. The quantitative estimate of drug-likeness (QED) is 0.445. The molecule has 2 aromatic rings. The van der Waals surface area contributed by atoms with Gasteiger partial charge in [0.15, 0.2) is 6.10 Å². The van der Waals surface area contributed by atoms with Gasteiger partial charge < -0.3 is 14.2 Å². The second kappa shape index (κ2) is 9.83. The summed E-state index contributed by atoms with van der Waals surface area (Å²) in [4.78, 5) is 12.0. The molecule has 0 spiro atoms. The van der Waals surface area contributed by atoms with E-state index in [1.165, 1.54) is 0 Å². The van der Waals surface area contributed by atoms with Crippen LogP contribution in [0.2, 0.25) is 5.02 Å². The summed E-state index contributed by atoms with van der Waals surface area (Å²) >= 11 is 9.50. The van der Waals surface area contributed by atoms with Crippen LogP contribution >= 0.6 is 27.5 Å². The van der Waals surface area contributed by atoms with Crippen LogP contribution in [0.5, 0.6) is 17.2 Å². The van der Waals surface area contributed by atoms with Crippen LogP contribution in [0.3, 0.4) is 0 Å². The topological polar surface area (TPSA) is 44.8 Å². The predicted molar refractivity (Wildman–Crippen MR) is 106 cm³/mol. The van der Waals surface area contributed by atoms with Crippen molar-refractivity contribution in [3.8, 4) is 17.2 Å². The molecule has 0 aliphatic carbocycles. The van der Waals surface area contributed by atoms with Crippen molar-refractivity contribution in [3.63, 3.8) is 0 Å². The molecule has 2 atom stereocenters. The molecule has 0 N–H and O–H groups in total. The summed E-state index contributed by atoms with van der Waals surface area (Å²) in [5, 5.41) is 0.511. The average molecular weight is 442 g/mol. The molecular weight excluding hydrogens is 420 g/mol. The molecule has 0 fully saturated rings. The summed E-state index contributed by atoms with van der Waals surface area (Å²) in [6.45, 7) is 5.61. The van der Waals surface area contributed by atoms with Crippen LogP contribution in [0.25, 0.3) is 0 Å². The fourth-order valence-corrected chi connectivity index (χ4v) is 2.99. The van der Waals surface area contributed by atoms with Gasteiger partial charge in [0, 0.05) is 4.47 Å². The molecule has 0 aromatic heterocycles. The molecule has 140 valence electrons. The maximum Gasteiger partial charge on any atom is 0.347 e. The molecule has 0 bridgehead atoms. The Balaban J connectivity index is 1.93. The zero-order chi connectivity index (χ0) is 19.1. The third-order valence-corrected chi connectivity index (χ3v) is 4.39. The highest BCUT2D eigenvalue weighted by Gasteiger charge is 2.19. The van der Waals surface area contributed by atoms with Crippen molar-refractivity contribution in [2.24, 2.45) is 0 Å². The lowest BCUT2D eigenvalue weighted by Gasteiger charge is -2.17. The maximum atomic E-state index is 12.0. The largest absolute Gasteiger partial charge is 0.479 e. The van der Waals surface area contributed by atoms with Gasteiger partial charge in [0.2, 0.25) is 0 Å². The first-order valence-electron chi connectivity index (χ1n) is 8.49. The SMILES string of the molecule is CCCC(C)OC(=O)[C@@H](C)Oc1ccc(Oc2ccc(Br)cc2Cl)cc1. The second-order valence-electron chi connectivity index (χ2n) is 5.94. The maximum absolute atomic E-state index is 12.0. The van der Waals surface area contributed by atoms with E-state index in [1.54, 1.807) is 43.3 Å². The first kappa shape index (κ1) is 20.6. The molecule has 0 aliphatic heterocycles. The molecule has 4 nitrogen and oxygen atoms in total. The highest BCUT2D eigenvalue weighted by atomic mass is 79.9. The molecule has 2 rings (SSSR count). The number of esters is 1. The highest BCUT2D eigenvalue weighted by Crippen LogP contribution is 2.32. The van der Waals surface area contributed by atoms with Crippen molar-refractivity contribution >= 4 is 33.5 Å². The Hall–Kier alpha value is -1.72. The fourth-order valence-electron chi connectivity index (χ4n) is 2.28. The number of hydrogen-bond acceptors (Lipinski definition) is 4. The Labute approximate surface area is 167 Å². The normalized spacial score (nSPS) is 13.0. The van der Waals surface area contributed by atoms with Gasteiger partial charge in [-0.2, -0.15) is 0 Å². The summed E-state index contributed by atoms with van der Waals surface area (Å²) in [6.07, 6.45) is 1.02. The van der Waals surface area contributed by atoms with Gasteiger partial charge in [0.25, 0.3) is 0 Å². The van der Waals surface area contributed by atoms with E-state index in [0.29, 0.717) is 22.3 Å². The summed E-state index contributed by atoms with van der Waals surface area (Å²) in [5.41, 5.74) is 0. The van der Waals surface area contributed by atoms with Gasteiger partial charge in [-0.25, -0.2) is 4.79 Å². The van der Waals surface area contributed by atoms with E-state index in [1.807, 2.05) is 13.0 Å². The molecule has 6 heteroatoms. The molecule has 0 heterocycles. The van der Waals surface area contributed by atoms with Gasteiger partial charge in [-0.15, -0.1) is 0 Å². The van der Waals surface area contributed by atoms with Crippen LogP contribution in [0.15, 0.2) is 46.9 Å². The van der Waals surface area contributed by atoms with Gasteiger partial charge >= 0.3 is 5.97 Å². The summed E-state index contributed by atoms with van der Waals surface area (Å²) in [7, 11) is 0. The molecule has 0 saturated carbocycles. The Morgan fingerprint density at radius 3 is 2.38 bits per heavy atom. The van der Waals surface area contributed by atoms with E-state index < -0.39 is 6.10 Å². The van der Waals surface area contributed by atoms with Crippen molar-refractivity contribution in [1.29, 1.82) is 0 Å². The molecule has 26 heavy (non-hydrogen) atoms. The molecular formula is C20H22BrClO4. The van der Waals surface area contributed by atoms with Crippen molar-refractivity contribution < 1.29 is 19.0 Å². The highest BCUT2D eigenvalue weighted by molar-refractivity contribution is 9.10. The van der Waals surface area contributed by atoms with Crippen LogP contribution in [0.1, 0.15) is 33.6 Å². The summed E-state index contributed by atoms with van der Waals surface area (Å²) in [6, 6.07) is 12.4. The van der Waals surface area contributed by atoms with Crippen LogP contribution in [-0.4, -0.2) is 18.2 Å². The van der Waals surface area contributed by atoms with Crippen molar-refractivity contribution in [2.75, 3.05) is 0 Å². The Morgan fingerprint density at radius 1 is 1.12 bits per heavy atom. The number of hydrogen-bond donors (Lipinski definition) is 0. The Bertz CT molecular complexity index is 733. The molecule has 0 aliphatic rings. The number of rotatable bonds is 8. The first-order valence-corrected chi connectivity index (χ1v) is 9.66. The standard InChI is InChI=1S/C20H22BrClO4/c1-4-5-13(2)24-20(23)14(3)25-16-7-9-17(10-8-16)26-19-11-6-15(21)12-18(19)22/h6-14H,4-5H2,1-3H3/t13?,14-/m1/s1. The molecule has 2 aromatic carbocycles. The van der Waals surface area contributed by atoms with Crippen LogP contribution in [-0.2, 0) is 9.53 Å². The predicted octanol–water partition coefficient (Wildman–Crippen LogP) is 6.39. The number of halogens is 2. The first-order chi connectivity index (χ1) is 12.4. The molecule has 0 radical (unpaired) electrons. The zero-order valence-corrected chi connectivity index (χ0v) is 17.3. The van der Waals surface area contributed by atoms with Gasteiger partial charge in [0.1, 0.15) is 17.2 Å². The third-order valence-electron chi connectivity index (χ3n) is 3.60. The Kier molecular flexibility index (Phi) is 7.79. The minimum absolute atomic E-state index is 0.106. The molecule has 0 saturated heterocycles. The van der Waals surface area contributed by atoms with Gasteiger partial charge in [-0.3, -0.25) is 0 Å². The van der Waals surface area contributed by atoms with E-state index in [9.17, 15) is 4.79 Å². The van der Waals surface area contributed by atoms with Crippen LogP contribution in [0.4, 0.5) is 0 Å². The van der Waals surface area contributed by atoms with Gasteiger partial charge in [-0.1, -0.05) is 40.9 Å². The number of carbonyl (C=O) groups excluding carboxylic acids is 1. The summed E-state index contributed by atoms with van der Waals surface area (Å²) < 4.78 is 17.6. The van der Waals surface area contributed by atoms with Gasteiger partial charge in [-0.05, 0) is 62.7 Å². The van der Waals surface area contributed by atoms with Crippen LogP contribution in [0, 0.1) is 0 Å². The number of benzene rings is 2. The lowest BCUT2D eigenvalue weighted by molar-refractivity contribution is -0.156.